The Bertz CT molecular complexity index is 886. The number of fused-ring (bicyclic) bond motifs is 1. The molecule has 1 unspecified atom stereocenters. The van der Waals surface area contributed by atoms with Crippen molar-refractivity contribution in [2.75, 3.05) is 26.8 Å². The van der Waals surface area contributed by atoms with E-state index in [0.717, 1.165) is 40.5 Å². The molecule has 0 radical (unpaired) electrons. The van der Waals surface area contributed by atoms with Gasteiger partial charge in [0.25, 0.3) is 5.91 Å². The maximum atomic E-state index is 13.0. The van der Waals surface area contributed by atoms with Crippen LogP contribution in [0.2, 0.25) is 0 Å². The highest BCUT2D eigenvalue weighted by molar-refractivity contribution is 5.96. The summed E-state index contributed by atoms with van der Waals surface area (Å²) in [4.78, 5) is 25.9. The number of carbonyl (C=O) groups is 2. The minimum Gasteiger partial charge on any atom is -0.490 e. The van der Waals surface area contributed by atoms with Crippen LogP contribution in [0.4, 0.5) is 4.79 Å². The van der Waals surface area contributed by atoms with Crippen LogP contribution in [-0.2, 0) is 17.8 Å². The number of ether oxygens (including phenoxy) is 2. The van der Waals surface area contributed by atoms with Crippen molar-refractivity contribution < 1.29 is 24.0 Å². The molecule has 2 atom stereocenters. The van der Waals surface area contributed by atoms with Crippen LogP contribution in [0.1, 0.15) is 36.6 Å². The van der Waals surface area contributed by atoms with E-state index < -0.39 is 12.1 Å². The van der Waals surface area contributed by atoms with E-state index in [-0.39, 0.29) is 5.91 Å². The monoisotopic (exact) mass is 412 g/mol. The first-order valence-corrected chi connectivity index (χ1v) is 10.4. The lowest BCUT2D eigenvalue weighted by atomic mass is 9.95. The first-order valence-electron chi connectivity index (χ1n) is 10.4. The molecule has 0 bridgehead atoms. The van der Waals surface area contributed by atoms with Crippen LogP contribution in [0.5, 0.6) is 11.5 Å². The number of hydrogen-bond donors (Lipinski definition) is 3. The molecule has 160 valence electrons. The summed E-state index contributed by atoms with van der Waals surface area (Å²) in [5.41, 5.74) is 3.23. The number of quaternary nitrogens is 1. The van der Waals surface area contributed by atoms with E-state index >= 15 is 0 Å². The van der Waals surface area contributed by atoms with Crippen molar-refractivity contribution >= 4 is 11.9 Å². The molecule has 0 aromatic heterocycles. The molecule has 3 N–H and O–H groups in total. The molecule has 0 saturated carbocycles. The van der Waals surface area contributed by atoms with Gasteiger partial charge in [0.1, 0.15) is 6.54 Å². The lowest BCUT2D eigenvalue weighted by molar-refractivity contribution is -0.937. The third-order valence-electron chi connectivity index (χ3n) is 5.27. The largest absolute Gasteiger partial charge is 0.490 e. The van der Waals surface area contributed by atoms with Crippen molar-refractivity contribution in [2.45, 2.75) is 32.9 Å². The fourth-order valence-electron chi connectivity index (χ4n) is 3.92. The van der Waals surface area contributed by atoms with Gasteiger partial charge in [-0.2, -0.15) is 0 Å². The molecule has 2 aromatic rings. The molecular weight excluding hydrogens is 382 g/mol. The third-order valence-corrected chi connectivity index (χ3v) is 5.27. The number of rotatable bonds is 7. The summed E-state index contributed by atoms with van der Waals surface area (Å²) in [5.74, 6) is 1.18. The molecule has 3 amide bonds. The highest BCUT2D eigenvalue weighted by Gasteiger charge is 2.35. The van der Waals surface area contributed by atoms with Gasteiger partial charge in [-0.25, -0.2) is 4.79 Å². The van der Waals surface area contributed by atoms with Crippen molar-refractivity contribution in [1.29, 1.82) is 0 Å². The zero-order valence-electron chi connectivity index (χ0n) is 17.8. The maximum absolute atomic E-state index is 13.0. The number of nitrogens with one attached hydrogen (secondary N) is 3. The molecule has 1 aliphatic rings. The number of amides is 3. The van der Waals surface area contributed by atoms with E-state index in [0.29, 0.717) is 19.8 Å². The number of imide groups is 1. The molecule has 3 rings (SSSR count). The zero-order chi connectivity index (χ0) is 21.5. The minimum atomic E-state index is -0.502. The van der Waals surface area contributed by atoms with Crippen LogP contribution in [0, 0.1) is 0 Å². The summed E-state index contributed by atoms with van der Waals surface area (Å²) in [5, 5.41) is 4.90. The van der Waals surface area contributed by atoms with Crippen LogP contribution < -0.4 is 25.0 Å². The minimum absolute atomic E-state index is 0.310. The number of urea groups is 1. The topological polar surface area (TPSA) is 81.1 Å². The van der Waals surface area contributed by atoms with E-state index in [1.807, 2.05) is 50.2 Å². The lowest BCUT2D eigenvalue weighted by Gasteiger charge is -2.32. The standard InChI is InChI=1S/C23H29N3O4/c1-4-29-19-13-17-11-12-26(15-18(17)14-20(19)30-5-2)21(16-9-7-6-8-10-16)22(27)25-23(28)24-3/h6-10,13-14,21H,4-5,11-12,15H2,1-3H3,(H2,24,25,27,28)/p+1/t21-/m1/s1. The highest BCUT2D eigenvalue weighted by atomic mass is 16.5. The smallest absolute Gasteiger partial charge is 0.321 e. The molecule has 1 heterocycles. The first-order chi connectivity index (χ1) is 14.6. The Hall–Kier alpha value is -3.06. The van der Waals surface area contributed by atoms with Gasteiger partial charge in [-0.1, -0.05) is 30.3 Å². The quantitative estimate of drug-likeness (QED) is 0.646. The van der Waals surface area contributed by atoms with E-state index in [4.69, 9.17) is 9.47 Å². The summed E-state index contributed by atoms with van der Waals surface area (Å²) in [6.45, 7) is 6.45. The lowest BCUT2D eigenvalue weighted by Crippen LogP contribution is -3.13. The summed E-state index contributed by atoms with van der Waals surface area (Å²) < 4.78 is 11.5. The Labute approximate surface area is 177 Å². The van der Waals surface area contributed by atoms with Gasteiger partial charge in [0.15, 0.2) is 17.5 Å². The van der Waals surface area contributed by atoms with E-state index in [1.165, 1.54) is 12.6 Å². The molecule has 0 fully saturated rings. The van der Waals surface area contributed by atoms with Crippen molar-refractivity contribution in [3.63, 3.8) is 0 Å². The average molecular weight is 413 g/mol. The third kappa shape index (κ3) is 4.91. The van der Waals surface area contributed by atoms with Gasteiger partial charge < -0.3 is 19.7 Å². The predicted molar refractivity (Wildman–Crippen MR) is 114 cm³/mol. The van der Waals surface area contributed by atoms with E-state index in [1.54, 1.807) is 0 Å². The van der Waals surface area contributed by atoms with E-state index in [2.05, 4.69) is 16.7 Å². The van der Waals surface area contributed by atoms with Crippen LogP contribution in [0.25, 0.3) is 0 Å². The second-order valence-electron chi connectivity index (χ2n) is 7.18. The number of benzene rings is 2. The maximum Gasteiger partial charge on any atom is 0.321 e. The Kier molecular flexibility index (Phi) is 7.30. The van der Waals surface area contributed by atoms with Gasteiger partial charge in [-0.05, 0) is 31.5 Å². The van der Waals surface area contributed by atoms with Gasteiger partial charge in [0.05, 0.1) is 19.8 Å². The van der Waals surface area contributed by atoms with Crippen LogP contribution >= 0.6 is 0 Å². The fourth-order valence-corrected chi connectivity index (χ4v) is 3.92. The molecule has 1 aliphatic heterocycles. The van der Waals surface area contributed by atoms with Crippen molar-refractivity contribution in [2.24, 2.45) is 0 Å². The zero-order valence-corrected chi connectivity index (χ0v) is 17.8. The molecule has 0 saturated heterocycles. The molecule has 0 spiro atoms. The second-order valence-corrected chi connectivity index (χ2v) is 7.18. The Morgan fingerprint density at radius 1 is 1.03 bits per heavy atom. The normalized spacial score (nSPS) is 16.2. The Morgan fingerprint density at radius 3 is 2.27 bits per heavy atom. The van der Waals surface area contributed by atoms with Gasteiger partial charge in [0, 0.05) is 24.6 Å². The van der Waals surface area contributed by atoms with Crippen molar-refractivity contribution in [3.05, 3.63) is 59.2 Å². The first kappa shape index (κ1) is 21.6. The van der Waals surface area contributed by atoms with Crippen molar-refractivity contribution in [3.8, 4) is 11.5 Å². The molecule has 7 heteroatoms. The van der Waals surface area contributed by atoms with Crippen LogP contribution in [0.3, 0.4) is 0 Å². The summed E-state index contributed by atoms with van der Waals surface area (Å²) >= 11 is 0. The number of hydrogen-bond acceptors (Lipinski definition) is 4. The molecular formula is C23H30N3O4+. The van der Waals surface area contributed by atoms with Gasteiger partial charge >= 0.3 is 6.03 Å². The van der Waals surface area contributed by atoms with Gasteiger partial charge in [0.2, 0.25) is 0 Å². The van der Waals surface area contributed by atoms with Crippen molar-refractivity contribution in [1.82, 2.24) is 10.6 Å². The SMILES string of the molecule is CCOc1cc2c(cc1OCC)C[NH+]([C@@H](C(=O)NC(=O)NC)c1ccccc1)CC2. The molecule has 30 heavy (non-hydrogen) atoms. The van der Waals surface area contributed by atoms with Crippen LogP contribution in [0.15, 0.2) is 42.5 Å². The Morgan fingerprint density at radius 2 is 1.67 bits per heavy atom. The molecule has 7 nitrogen and oxygen atoms in total. The highest BCUT2D eigenvalue weighted by Crippen LogP contribution is 2.32. The molecule has 0 aliphatic carbocycles. The molecule has 2 aromatic carbocycles. The average Bonchev–Trinajstić information content (AvgIpc) is 2.75. The van der Waals surface area contributed by atoms with Crippen LogP contribution in [-0.4, -0.2) is 38.7 Å². The fraction of sp³-hybridized carbons (Fsp3) is 0.391. The second kappa shape index (κ2) is 10.1. The van der Waals surface area contributed by atoms with E-state index in [9.17, 15) is 9.59 Å². The predicted octanol–water partition coefficient (Wildman–Crippen LogP) is 1.62. The van der Waals surface area contributed by atoms with Gasteiger partial charge in [-0.3, -0.25) is 10.1 Å². The summed E-state index contributed by atoms with van der Waals surface area (Å²) in [6.07, 6.45) is 0.813. The summed E-state index contributed by atoms with van der Waals surface area (Å²) in [6, 6.07) is 12.7. The van der Waals surface area contributed by atoms with Gasteiger partial charge in [-0.15, -0.1) is 0 Å². The number of carbonyl (C=O) groups excluding carboxylic acids is 2. The Balaban J connectivity index is 1.91. The summed E-state index contributed by atoms with van der Waals surface area (Å²) in [7, 11) is 1.50.